The maximum Gasteiger partial charge on any atom is 0.251 e. The van der Waals surface area contributed by atoms with E-state index in [4.69, 9.17) is 0 Å². The molecule has 0 saturated carbocycles. The molecule has 0 fully saturated rings. The number of thiazole rings is 1. The number of rotatable bonds is 4. The van der Waals surface area contributed by atoms with Crippen molar-refractivity contribution in [2.45, 2.75) is 6.54 Å². The summed E-state index contributed by atoms with van der Waals surface area (Å²) in [6.07, 6.45) is 7.37. The predicted molar refractivity (Wildman–Crippen MR) is 94.4 cm³/mol. The lowest BCUT2D eigenvalue weighted by Gasteiger charge is -2.04. The molecule has 118 valence electrons. The topological polar surface area (TPSA) is 59.8 Å². The molecule has 6 heteroatoms. The van der Waals surface area contributed by atoms with Crippen molar-refractivity contribution >= 4 is 27.5 Å². The molecule has 3 aromatic heterocycles. The summed E-state index contributed by atoms with van der Waals surface area (Å²) >= 11 is 1.56. The summed E-state index contributed by atoms with van der Waals surface area (Å²) in [7, 11) is 0. The van der Waals surface area contributed by atoms with Gasteiger partial charge in [0.2, 0.25) is 0 Å². The molecule has 1 amide bonds. The summed E-state index contributed by atoms with van der Waals surface area (Å²) < 4.78 is 2.96. The summed E-state index contributed by atoms with van der Waals surface area (Å²) in [5, 5.41) is 3.81. The summed E-state index contributed by atoms with van der Waals surface area (Å²) in [4.78, 5) is 21.0. The minimum Gasteiger partial charge on any atom is -0.348 e. The second-order valence-electron chi connectivity index (χ2n) is 5.31. The third kappa shape index (κ3) is 2.91. The normalized spacial score (nSPS) is 10.8. The Morgan fingerprint density at radius 3 is 2.83 bits per heavy atom. The number of amides is 1. The van der Waals surface area contributed by atoms with Crippen LogP contribution >= 0.6 is 11.3 Å². The Morgan fingerprint density at radius 2 is 2.04 bits per heavy atom. The van der Waals surface area contributed by atoms with E-state index < -0.39 is 0 Å². The average molecular weight is 334 g/mol. The van der Waals surface area contributed by atoms with E-state index in [2.05, 4.69) is 15.3 Å². The lowest BCUT2D eigenvalue weighted by Crippen LogP contribution is -2.22. The van der Waals surface area contributed by atoms with E-state index in [9.17, 15) is 4.79 Å². The SMILES string of the molecule is O=C(NCc1cccnc1)c1ccc2nc(-n3cccc3)sc2c1. The summed E-state index contributed by atoms with van der Waals surface area (Å²) in [5.41, 5.74) is 2.50. The first-order valence-electron chi connectivity index (χ1n) is 7.51. The van der Waals surface area contributed by atoms with Crippen molar-refractivity contribution in [3.8, 4) is 5.13 Å². The van der Waals surface area contributed by atoms with Crippen LogP contribution in [0.5, 0.6) is 0 Å². The van der Waals surface area contributed by atoms with Crippen molar-refractivity contribution in [2.75, 3.05) is 0 Å². The molecule has 4 aromatic rings. The van der Waals surface area contributed by atoms with Gasteiger partial charge < -0.3 is 9.88 Å². The number of carbonyl (C=O) groups excluding carboxylic acids is 1. The van der Waals surface area contributed by atoms with Crippen molar-refractivity contribution in [2.24, 2.45) is 0 Å². The summed E-state index contributed by atoms with van der Waals surface area (Å²) in [6.45, 7) is 0.460. The number of nitrogens with one attached hydrogen (secondary N) is 1. The second kappa shape index (κ2) is 6.25. The Morgan fingerprint density at radius 1 is 1.17 bits per heavy atom. The van der Waals surface area contributed by atoms with Crippen LogP contribution in [-0.4, -0.2) is 20.4 Å². The van der Waals surface area contributed by atoms with Gasteiger partial charge in [0.05, 0.1) is 10.2 Å². The van der Waals surface area contributed by atoms with Crippen molar-refractivity contribution in [3.63, 3.8) is 0 Å². The Kier molecular flexibility index (Phi) is 3.80. The molecule has 0 atom stereocenters. The van der Waals surface area contributed by atoms with Gasteiger partial charge in [-0.1, -0.05) is 17.4 Å². The highest BCUT2D eigenvalue weighted by Crippen LogP contribution is 2.26. The third-order valence-electron chi connectivity index (χ3n) is 3.64. The molecule has 1 aromatic carbocycles. The fraction of sp³-hybridized carbons (Fsp3) is 0.0556. The van der Waals surface area contributed by atoms with Gasteiger partial charge in [0.25, 0.3) is 5.91 Å². The molecule has 0 bridgehead atoms. The van der Waals surface area contributed by atoms with Crippen LogP contribution in [0, 0.1) is 0 Å². The van der Waals surface area contributed by atoms with E-state index in [1.165, 1.54) is 0 Å². The van der Waals surface area contributed by atoms with E-state index in [0.29, 0.717) is 12.1 Å². The van der Waals surface area contributed by atoms with Crippen molar-refractivity contribution in [3.05, 3.63) is 78.4 Å². The fourth-order valence-corrected chi connectivity index (χ4v) is 3.39. The standard InChI is InChI=1S/C18H14N4OS/c23-17(20-12-13-4-3-7-19-11-13)14-5-6-15-16(10-14)24-18(21-15)22-8-1-2-9-22/h1-11H,12H2,(H,20,23). The molecule has 5 nitrogen and oxygen atoms in total. The largest absolute Gasteiger partial charge is 0.348 e. The molecule has 0 unspecified atom stereocenters. The third-order valence-corrected chi connectivity index (χ3v) is 4.67. The Labute approximate surface area is 142 Å². The molecule has 0 aliphatic heterocycles. The fourth-order valence-electron chi connectivity index (χ4n) is 2.41. The molecule has 1 N–H and O–H groups in total. The highest BCUT2D eigenvalue weighted by Gasteiger charge is 2.10. The Hall–Kier alpha value is -2.99. The quantitative estimate of drug-likeness (QED) is 0.622. The smallest absolute Gasteiger partial charge is 0.251 e. The van der Waals surface area contributed by atoms with Crippen LogP contribution in [0.25, 0.3) is 15.3 Å². The number of carbonyl (C=O) groups is 1. The number of benzene rings is 1. The minimum absolute atomic E-state index is 0.100. The van der Waals surface area contributed by atoms with Gasteiger partial charge in [-0.3, -0.25) is 9.78 Å². The maximum atomic E-state index is 12.3. The summed E-state index contributed by atoms with van der Waals surface area (Å²) in [6, 6.07) is 13.3. The van der Waals surface area contributed by atoms with Crippen LogP contribution in [0.1, 0.15) is 15.9 Å². The Balaban J connectivity index is 1.55. The van der Waals surface area contributed by atoms with Crippen LogP contribution < -0.4 is 5.32 Å². The van der Waals surface area contributed by atoms with Crippen LogP contribution in [0.3, 0.4) is 0 Å². The molecular weight excluding hydrogens is 320 g/mol. The minimum atomic E-state index is -0.100. The average Bonchev–Trinajstić information content (AvgIpc) is 3.28. The van der Waals surface area contributed by atoms with Gasteiger partial charge in [-0.25, -0.2) is 4.98 Å². The summed E-state index contributed by atoms with van der Waals surface area (Å²) in [5.74, 6) is -0.100. The van der Waals surface area contributed by atoms with Gasteiger partial charge >= 0.3 is 0 Å². The molecule has 0 spiro atoms. The van der Waals surface area contributed by atoms with E-state index in [-0.39, 0.29) is 5.91 Å². The highest BCUT2D eigenvalue weighted by molar-refractivity contribution is 7.20. The predicted octanol–water partition coefficient (Wildman–Crippen LogP) is 3.41. The van der Waals surface area contributed by atoms with Gasteiger partial charge in [0.1, 0.15) is 0 Å². The second-order valence-corrected chi connectivity index (χ2v) is 6.32. The molecule has 24 heavy (non-hydrogen) atoms. The van der Waals surface area contributed by atoms with Gasteiger partial charge in [0, 0.05) is 36.9 Å². The molecule has 0 aliphatic rings. The molecule has 0 aliphatic carbocycles. The first-order valence-corrected chi connectivity index (χ1v) is 8.32. The molecule has 4 rings (SSSR count). The monoisotopic (exact) mass is 334 g/mol. The highest BCUT2D eigenvalue weighted by atomic mass is 32.1. The number of pyridine rings is 1. The van der Waals surface area contributed by atoms with Crippen LogP contribution in [0.2, 0.25) is 0 Å². The molecule has 0 saturated heterocycles. The lowest BCUT2D eigenvalue weighted by atomic mass is 10.2. The molecule has 3 heterocycles. The van der Waals surface area contributed by atoms with Crippen LogP contribution in [0.4, 0.5) is 0 Å². The first kappa shape index (κ1) is 14.6. The van der Waals surface area contributed by atoms with Crippen LogP contribution in [-0.2, 0) is 6.54 Å². The van der Waals surface area contributed by atoms with Crippen molar-refractivity contribution in [1.29, 1.82) is 0 Å². The zero-order valence-corrected chi connectivity index (χ0v) is 13.5. The van der Waals surface area contributed by atoms with Gasteiger partial charge in [-0.15, -0.1) is 0 Å². The van der Waals surface area contributed by atoms with E-state index >= 15 is 0 Å². The van der Waals surface area contributed by atoms with E-state index in [1.807, 2.05) is 53.4 Å². The van der Waals surface area contributed by atoms with Crippen LogP contribution in [0.15, 0.2) is 67.3 Å². The Bertz CT molecular complexity index is 977. The van der Waals surface area contributed by atoms with E-state index in [0.717, 1.165) is 20.9 Å². The zero-order chi connectivity index (χ0) is 16.4. The lowest BCUT2D eigenvalue weighted by molar-refractivity contribution is 0.0951. The molecule has 0 radical (unpaired) electrons. The van der Waals surface area contributed by atoms with Gasteiger partial charge in [0.15, 0.2) is 5.13 Å². The number of aromatic nitrogens is 3. The van der Waals surface area contributed by atoms with Gasteiger partial charge in [-0.2, -0.15) is 0 Å². The first-order chi connectivity index (χ1) is 11.8. The van der Waals surface area contributed by atoms with E-state index in [1.54, 1.807) is 29.8 Å². The van der Waals surface area contributed by atoms with Crippen molar-refractivity contribution < 1.29 is 4.79 Å². The maximum absolute atomic E-state index is 12.3. The number of fused-ring (bicyclic) bond motifs is 1. The number of nitrogens with zero attached hydrogens (tertiary/aromatic N) is 3. The number of hydrogen-bond acceptors (Lipinski definition) is 4. The number of hydrogen-bond donors (Lipinski definition) is 1. The van der Waals surface area contributed by atoms with Crippen molar-refractivity contribution in [1.82, 2.24) is 19.9 Å². The zero-order valence-electron chi connectivity index (χ0n) is 12.7. The van der Waals surface area contributed by atoms with Gasteiger partial charge in [-0.05, 0) is 42.0 Å². The molecular formula is C18H14N4OS.